The van der Waals surface area contributed by atoms with Gasteiger partial charge in [0.15, 0.2) is 0 Å². The Bertz CT molecular complexity index is 416. The fourth-order valence-corrected chi connectivity index (χ4v) is 4.03. The standard InChI is InChI=1S/C18H26ClN/c1-13(14-5-3-2-4-6-14)20-18-11-16(12-18)15-7-9-17(19)10-8-15/h7-10,13-14,16,18,20H,2-6,11-12H2,1H3/t13-,16?,18?/m0/s1. The molecule has 0 heterocycles. The molecule has 110 valence electrons. The normalized spacial score (nSPS) is 28.9. The maximum absolute atomic E-state index is 5.95. The highest BCUT2D eigenvalue weighted by molar-refractivity contribution is 6.30. The van der Waals surface area contributed by atoms with Crippen LogP contribution in [-0.2, 0) is 0 Å². The first-order chi connectivity index (χ1) is 9.72. The van der Waals surface area contributed by atoms with Crippen LogP contribution in [0.5, 0.6) is 0 Å². The van der Waals surface area contributed by atoms with Crippen molar-refractivity contribution in [3.8, 4) is 0 Å². The molecule has 0 aromatic heterocycles. The lowest BCUT2D eigenvalue weighted by atomic mass is 9.75. The van der Waals surface area contributed by atoms with Gasteiger partial charge in [-0.1, -0.05) is 43.0 Å². The Morgan fingerprint density at radius 1 is 1.05 bits per heavy atom. The number of hydrogen-bond acceptors (Lipinski definition) is 1. The monoisotopic (exact) mass is 291 g/mol. The van der Waals surface area contributed by atoms with Crippen LogP contribution in [0.4, 0.5) is 0 Å². The van der Waals surface area contributed by atoms with Crippen molar-refractivity contribution in [1.82, 2.24) is 5.32 Å². The molecule has 2 fully saturated rings. The average Bonchev–Trinajstić information content (AvgIpc) is 2.44. The molecule has 2 aliphatic carbocycles. The lowest BCUT2D eigenvalue weighted by Crippen LogP contribution is -2.47. The third-order valence-corrected chi connectivity index (χ3v) is 5.59. The Labute approximate surface area is 128 Å². The van der Waals surface area contributed by atoms with Crippen molar-refractivity contribution >= 4 is 11.6 Å². The van der Waals surface area contributed by atoms with Crippen LogP contribution in [0.15, 0.2) is 24.3 Å². The fraction of sp³-hybridized carbons (Fsp3) is 0.667. The van der Waals surface area contributed by atoms with E-state index in [0.717, 1.165) is 22.9 Å². The van der Waals surface area contributed by atoms with Crippen LogP contribution in [0.3, 0.4) is 0 Å². The molecule has 0 saturated heterocycles. The lowest BCUT2D eigenvalue weighted by Gasteiger charge is -2.40. The summed E-state index contributed by atoms with van der Waals surface area (Å²) in [4.78, 5) is 0. The van der Waals surface area contributed by atoms with E-state index in [9.17, 15) is 0 Å². The van der Waals surface area contributed by atoms with E-state index in [1.807, 2.05) is 12.1 Å². The van der Waals surface area contributed by atoms with Gasteiger partial charge in [-0.3, -0.25) is 0 Å². The van der Waals surface area contributed by atoms with Gasteiger partial charge >= 0.3 is 0 Å². The summed E-state index contributed by atoms with van der Waals surface area (Å²) >= 11 is 5.95. The van der Waals surface area contributed by atoms with Crippen LogP contribution in [0.1, 0.15) is 63.4 Å². The third-order valence-electron chi connectivity index (χ3n) is 5.34. The van der Waals surface area contributed by atoms with E-state index in [1.54, 1.807) is 0 Å². The molecule has 1 aromatic carbocycles. The van der Waals surface area contributed by atoms with Crippen LogP contribution in [0, 0.1) is 5.92 Å². The second-order valence-electron chi connectivity index (χ2n) is 6.77. The Hall–Kier alpha value is -0.530. The Kier molecular flexibility index (Phi) is 4.68. The van der Waals surface area contributed by atoms with Crippen LogP contribution < -0.4 is 5.32 Å². The van der Waals surface area contributed by atoms with E-state index >= 15 is 0 Å². The van der Waals surface area contributed by atoms with Gasteiger partial charge in [0, 0.05) is 17.1 Å². The Morgan fingerprint density at radius 3 is 2.35 bits per heavy atom. The second-order valence-corrected chi connectivity index (χ2v) is 7.21. The predicted octanol–water partition coefficient (Wildman–Crippen LogP) is 5.14. The zero-order valence-electron chi connectivity index (χ0n) is 12.4. The van der Waals surface area contributed by atoms with Crippen LogP contribution in [0.25, 0.3) is 0 Å². The summed E-state index contributed by atoms with van der Waals surface area (Å²) in [5.74, 6) is 1.65. The molecule has 0 spiro atoms. The minimum Gasteiger partial charge on any atom is -0.311 e. The molecule has 1 atom stereocenters. The first-order valence-electron chi connectivity index (χ1n) is 8.24. The van der Waals surface area contributed by atoms with Crippen molar-refractivity contribution in [1.29, 1.82) is 0 Å². The van der Waals surface area contributed by atoms with E-state index in [-0.39, 0.29) is 0 Å². The van der Waals surface area contributed by atoms with E-state index in [2.05, 4.69) is 24.4 Å². The van der Waals surface area contributed by atoms with Crippen molar-refractivity contribution in [2.24, 2.45) is 5.92 Å². The van der Waals surface area contributed by atoms with Crippen LogP contribution in [0.2, 0.25) is 5.02 Å². The fourth-order valence-electron chi connectivity index (χ4n) is 3.90. The number of rotatable bonds is 4. The minimum absolute atomic E-state index is 0.700. The summed E-state index contributed by atoms with van der Waals surface area (Å²) in [5.41, 5.74) is 1.46. The maximum Gasteiger partial charge on any atom is 0.0406 e. The zero-order valence-corrected chi connectivity index (χ0v) is 13.2. The zero-order chi connectivity index (χ0) is 13.9. The maximum atomic E-state index is 5.95. The molecule has 1 aromatic rings. The molecule has 1 N–H and O–H groups in total. The summed E-state index contributed by atoms with van der Waals surface area (Å²) in [5, 5.41) is 4.71. The molecular weight excluding hydrogens is 266 g/mol. The summed E-state index contributed by atoms with van der Waals surface area (Å²) in [6, 6.07) is 9.84. The molecule has 20 heavy (non-hydrogen) atoms. The third kappa shape index (κ3) is 3.38. The van der Waals surface area contributed by atoms with E-state index in [1.165, 1.54) is 50.5 Å². The minimum atomic E-state index is 0.700. The average molecular weight is 292 g/mol. The first kappa shape index (κ1) is 14.4. The molecule has 2 heteroatoms. The molecule has 1 nitrogen and oxygen atoms in total. The molecule has 2 aliphatic rings. The van der Waals surface area contributed by atoms with Gasteiger partial charge in [0.2, 0.25) is 0 Å². The molecule has 0 unspecified atom stereocenters. The van der Waals surface area contributed by atoms with Crippen molar-refractivity contribution in [3.63, 3.8) is 0 Å². The molecule has 0 aliphatic heterocycles. The SMILES string of the molecule is C[C@H](NC1CC(c2ccc(Cl)cc2)C1)C1CCCCC1. The van der Waals surface area contributed by atoms with E-state index < -0.39 is 0 Å². The lowest BCUT2D eigenvalue weighted by molar-refractivity contribution is 0.211. The van der Waals surface area contributed by atoms with Gasteiger partial charge in [-0.2, -0.15) is 0 Å². The first-order valence-corrected chi connectivity index (χ1v) is 8.61. The van der Waals surface area contributed by atoms with Crippen molar-refractivity contribution in [3.05, 3.63) is 34.9 Å². The van der Waals surface area contributed by atoms with Gasteiger partial charge in [-0.05, 0) is 62.1 Å². The Balaban J connectivity index is 1.44. The van der Waals surface area contributed by atoms with E-state index in [4.69, 9.17) is 11.6 Å². The predicted molar refractivity (Wildman–Crippen MR) is 86.4 cm³/mol. The van der Waals surface area contributed by atoms with Gasteiger partial charge in [0.25, 0.3) is 0 Å². The van der Waals surface area contributed by atoms with Gasteiger partial charge < -0.3 is 5.32 Å². The van der Waals surface area contributed by atoms with E-state index in [0.29, 0.717) is 6.04 Å². The number of nitrogens with one attached hydrogen (secondary N) is 1. The smallest absolute Gasteiger partial charge is 0.0406 e. The van der Waals surface area contributed by atoms with Gasteiger partial charge in [-0.25, -0.2) is 0 Å². The van der Waals surface area contributed by atoms with Crippen molar-refractivity contribution < 1.29 is 0 Å². The molecule has 0 radical (unpaired) electrons. The summed E-state index contributed by atoms with van der Waals surface area (Å²) in [6.45, 7) is 2.39. The summed E-state index contributed by atoms with van der Waals surface area (Å²) < 4.78 is 0. The number of halogens is 1. The van der Waals surface area contributed by atoms with Crippen molar-refractivity contribution in [2.45, 2.75) is 69.9 Å². The molecule has 3 rings (SSSR count). The Morgan fingerprint density at radius 2 is 1.70 bits per heavy atom. The summed E-state index contributed by atoms with van der Waals surface area (Å²) in [6.07, 6.45) is 9.77. The van der Waals surface area contributed by atoms with Gasteiger partial charge in [0.05, 0.1) is 0 Å². The highest BCUT2D eigenvalue weighted by atomic mass is 35.5. The van der Waals surface area contributed by atoms with Crippen molar-refractivity contribution in [2.75, 3.05) is 0 Å². The molecule has 2 saturated carbocycles. The van der Waals surface area contributed by atoms with Crippen LogP contribution >= 0.6 is 11.6 Å². The summed E-state index contributed by atoms with van der Waals surface area (Å²) in [7, 11) is 0. The highest BCUT2D eigenvalue weighted by Crippen LogP contribution is 2.38. The van der Waals surface area contributed by atoms with Gasteiger partial charge in [0.1, 0.15) is 0 Å². The molecule has 0 amide bonds. The topological polar surface area (TPSA) is 12.0 Å². The van der Waals surface area contributed by atoms with Gasteiger partial charge in [-0.15, -0.1) is 0 Å². The number of benzene rings is 1. The second kappa shape index (κ2) is 6.49. The highest BCUT2D eigenvalue weighted by Gasteiger charge is 2.32. The van der Waals surface area contributed by atoms with Crippen LogP contribution in [-0.4, -0.2) is 12.1 Å². The number of hydrogen-bond donors (Lipinski definition) is 1. The molecular formula is C18H26ClN. The largest absolute Gasteiger partial charge is 0.311 e. The molecule has 0 bridgehead atoms. The quantitative estimate of drug-likeness (QED) is 0.809.